The van der Waals surface area contributed by atoms with Gasteiger partial charge in [0.2, 0.25) is 0 Å². The van der Waals surface area contributed by atoms with Crippen LogP contribution in [0.3, 0.4) is 0 Å². The monoisotopic (exact) mass is 258 g/mol. The highest BCUT2D eigenvalue weighted by Gasteiger charge is 2.12. The highest BCUT2D eigenvalue weighted by Crippen LogP contribution is 2.18. The van der Waals surface area contributed by atoms with E-state index in [1.54, 1.807) is 12.1 Å². The summed E-state index contributed by atoms with van der Waals surface area (Å²) >= 11 is 5.90. The standard InChI is InChI=1S/C11H15ClN2O3/c1-16-10(17-2)6-14-11(15)8-4-3-7(13)5-9(8)12/h3-5,10H,6,13H2,1-2H3,(H,14,15). The van der Waals surface area contributed by atoms with Gasteiger partial charge in [0, 0.05) is 19.9 Å². The second-order valence-electron chi connectivity index (χ2n) is 3.35. The number of halogens is 1. The molecule has 5 nitrogen and oxygen atoms in total. The maximum atomic E-state index is 11.8. The smallest absolute Gasteiger partial charge is 0.252 e. The maximum absolute atomic E-state index is 11.8. The lowest BCUT2D eigenvalue weighted by Crippen LogP contribution is -2.34. The van der Waals surface area contributed by atoms with E-state index in [0.29, 0.717) is 16.3 Å². The fraction of sp³-hybridized carbons (Fsp3) is 0.364. The lowest BCUT2D eigenvalue weighted by Gasteiger charge is -2.14. The number of amides is 1. The molecule has 0 heterocycles. The number of anilines is 1. The van der Waals surface area contributed by atoms with Gasteiger partial charge in [-0.1, -0.05) is 11.6 Å². The Morgan fingerprint density at radius 1 is 1.47 bits per heavy atom. The molecule has 17 heavy (non-hydrogen) atoms. The van der Waals surface area contributed by atoms with Crippen molar-refractivity contribution in [3.8, 4) is 0 Å². The predicted molar refractivity (Wildman–Crippen MR) is 66.0 cm³/mol. The minimum absolute atomic E-state index is 0.243. The lowest BCUT2D eigenvalue weighted by molar-refractivity contribution is -0.0974. The Morgan fingerprint density at radius 3 is 2.65 bits per heavy atom. The molecule has 0 saturated carbocycles. The molecular weight excluding hydrogens is 244 g/mol. The zero-order valence-corrected chi connectivity index (χ0v) is 10.5. The van der Waals surface area contributed by atoms with Gasteiger partial charge in [0.05, 0.1) is 17.1 Å². The highest BCUT2D eigenvalue weighted by atomic mass is 35.5. The third kappa shape index (κ3) is 3.89. The molecule has 0 aliphatic carbocycles. The van der Waals surface area contributed by atoms with E-state index in [1.165, 1.54) is 20.3 Å². The first-order valence-corrected chi connectivity index (χ1v) is 5.35. The largest absolute Gasteiger partial charge is 0.399 e. The number of nitrogen functional groups attached to an aromatic ring is 1. The van der Waals surface area contributed by atoms with Gasteiger partial charge in [0.25, 0.3) is 5.91 Å². The number of hydrogen-bond donors (Lipinski definition) is 2. The summed E-state index contributed by atoms with van der Waals surface area (Å²) in [5.74, 6) is -0.297. The molecule has 0 spiro atoms. The second kappa shape index (κ2) is 6.44. The van der Waals surface area contributed by atoms with Crippen molar-refractivity contribution in [3.05, 3.63) is 28.8 Å². The SMILES string of the molecule is COC(CNC(=O)c1ccc(N)cc1Cl)OC. The van der Waals surface area contributed by atoms with Gasteiger partial charge in [-0.05, 0) is 18.2 Å². The van der Waals surface area contributed by atoms with E-state index in [2.05, 4.69) is 5.32 Å². The molecule has 0 aliphatic heterocycles. The van der Waals surface area contributed by atoms with Gasteiger partial charge < -0.3 is 20.5 Å². The minimum atomic E-state index is -0.480. The van der Waals surface area contributed by atoms with Crippen LogP contribution >= 0.6 is 11.6 Å². The van der Waals surface area contributed by atoms with Gasteiger partial charge in [0.1, 0.15) is 0 Å². The van der Waals surface area contributed by atoms with Gasteiger partial charge in [-0.25, -0.2) is 0 Å². The topological polar surface area (TPSA) is 73.6 Å². The lowest BCUT2D eigenvalue weighted by atomic mass is 10.2. The van der Waals surface area contributed by atoms with E-state index in [0.717, 1.165) is 0 Å². The van der Waals surface area contributed by atoms with Crippen molar-refractivity contribution in [1.82, 2.24) is 5.32 Å². The van der Waals surface area contributed by atoms with Crippen LogP contribution in [-0.2, 0) is 9.47 Å². The molecule has 0 aromatic heterocycles. The molecule has 1 amide bonds. The van der Waals surface area contributed by atoms with E-state index in [4.69, 9.17) is 26.8 Å². The fourth-order valence-corrected chi connectivity index (χ4v) is 1.52. The summed E-state index contributed by atoms with van der Waals surface area (Å²) in [5.41, 5.74) is 6.42. The van der Waals surface area contributed by atoms with Crippen molar-refractivity contribution in [2.75, 3.05) is 26.5 Å². The van der Waals surface area contributed by atoms with E-state index < -0.39 is 6.29 Å². The highest BCUT2D eigenvalue weighted by molar-refractivity contribution is 6.34. The minimum Gasteiger partial charge on any atom is -0.399 e. The molecule has 1 rings (SSSR count). The molecule has 0 fully saturated rings. The molecule has 0 saturated heterocycles. The molecular formula is C11H15ClN2O3. The van der Waals surface area contributed by atoms with Crippen LogP contribution in [0.2, 0.25) is 5.02 Å². The summed E-state index contributed by atoms with van der Waals surface area (Å²) < 4.78 is 9.89. The summed E-state index contributed by atoms with van der Waals surface area (Å²) in [7, 11) is 2.99. The second-order valence-corrected chi connectivity index (χ2v) is 3.76. The number of nitrogens with two attached hydrogens (primary N) is 1. The van der Waals surface area contributed by atoms with Crippen LogP contribution < -0.4 is 11.1 Å². The Morgan fingerprint density at radius 2 is 2.12 bits per heavy atom. The molecule has 6 heteroatoms. The summed E-state index contributed by atoms with van der Waals surface area (Å²) in [5, 5.41) is 2.96. The Bertz CT molecular complexity index is 394. The number of ether oxygens (including phenoxy) is 2. The quantitative estimate of drug-likeness (QED) is 0.616. The zero-order chi connectivity index (χ0) is 12.8. The Kier molecular flexibility index (Phi) is 5.21. The molecule has 3 N–H and O–H groups in total. The molecule has 0 unspecified atom stereocenters. The van der Waals surface area contributed by atoms with Gasteiger partial charge in [0.15, 0.2) is 6.29 Å². The first-order valence-electron chi connectivity index (χ1n) is 4.97. The van der Waals surface area contributed by atoms with Gasteiger partial charge in [-0.3, -0.25) is 4.79 Å². The number of methoxy groups -OCH3 is 2. The Balaban J connectivity index is 2.64. The van der Waals surface area contributed by atoms with E-state index in [-0.39, 0.29) is 12.5 Å². The van der Waals surface area contributed by atoms with Crippen LogP contribution in [0.15, 0.2) is 18.2 Å². The molecule has 0 radical (unpaired) electrons. The van der Waals surface area contributed by atoms with Gasteiger partial charge in [-0.15, -0.1) is 0 Å². The number of hydrogen-bond acceptors (Lipinski definition) is 4. The number of rotatable bonds is 5. The van der Waals surface area contributed by atoms with E-state index in [9.17, 15) is 4.79 Å². The zero-order valence-electron chi connectivity index (χ0n) is 9.70. The van der Waals surface area contributed by atoms with E-state index in [1.807, 2.05) is 0 Å². The fourth-order valence-electron chi connectivity index (χ4n) is 1.25. The molecule has 0 bridgehead atoms. The maximum Gasteiger partial charge on any atom is 0.252 e. The first-order chi connectivity index (χ1) is 8.08. The first kappa shape index (κ1) is 13.8. The van der Waals surface area contributed by atoms with Crippen LogP contribution in [0.25, 0.3) is 0 Å². The van der Waals surface area contributed by atoms with Crippen LogP contribution in [0, 0.1) is 0 Å². The van der Waals surface area contributed by atoms with Crippen molar-refractivity contribution in [3.63, 3.8) is 0 Å². The van der Waals surface area contributed by atoms with Crippen molar-refractivity contribution >= 4 is 23.2 Å². The number of nitrogens with one attached hydrogen (secondary N) is 1. The summed E-state index contributed by atoms with van der Waals surface area (Å²) in [6, 6.07) is 4.72. The van der Waals surface area contributed by atoms with Gasteiger partial charge in [-0.2, -0.15) is 0 Å². The van der Waals surface area contributed by atoms with Crippen molar-refractivity contribution in [1.29, 1.82) is 0 Å². The number of carbonyl (C=O) groups is 1. The van der Waals surface area contributed by atoms with Gasteiger partial charge >= 0.3 is 0 Å². The van der Waals surface area contributed by atoms with Crippen molar-refractivity contribution in [2.45, 2.75) is 6.29 Å². The Hall–Kier alpha value is -1.30. The average molecular weight is 259 g/mol. The van der Waals surface area contributed by atoms with Crippen molar-refractivity contribution in [2.24, 2.45) is 0 Å². The number of carbonyl (C=O) groups excluding carboxylic acids is 1. The summed E-state index contributed by atoms with van der Waals surface area (Å²) in [6.07, 6.45) is -0.480. The predicted octanol–water partition coefficient (Wildman–Crippen LogP) is 1.27. The summed E-state index contributed by atoms with van der Waals surface area (Å²) in [6.45, 7) is 0.243. The van der Waals surface area contributed by atoms with E-state index >= 15 is 0 Å². The summed E-state index contributed by atoms with van der Waals surface area (Å²) in [4.78, 5) is 11.8. The third-order valence-electron chi connectivity index (χ3n) is 2.19. The molecule has 94 valence electrons. The van der Waals surface area contributed by atoms with Crippen LogP contribution in [0.4, 0.5) is 5.69 Å². The van der Waals surface area contributed by atoms with Crippen LogP contribution in [0.1, 0.15) is 10.4 Å². The molecule has 0 aliphatic rings. The number of benzene rings is 1. The normalized spacial score (nSPS) is 10.6. The molecule has 1 aromatic rings. The Labute approximate surface area is 105 Å². The average Bonchev–Trinajstić information content (AvgIpc) is 2.30. The van der Waals surface area contributed by atoms with Crippen LogP contribution in [-0.4, -0.2) is 33.0 Å². The van der Waals surface area contributed by atoms with Crippen LogP contribution in [0.5, 0.6) is 0 Å². The van der Waals surface area contributed by atoms with Crippen molar-refractivity contribution < 1.29 is 14.3 Å². The molecule has 0 atom stereocenters. The molecule has 1 aromatic carbocycles. The third-order valence-corrected chi connectivity index (χ3v) is 2.51.